The smallest absolute Gasteiger partial charge is 0.129 e. The van der Waals surface area contributed by atoms with E-state index in [9.17, 15) is 0 Å². The molecular weight excluding hydrogens is 200 g/mol. The number of fused-ring (bicyclic) bond motifs is 2. The lowest BCUT2D eigenvalue weighted by molar-refractivity contribution is 0.481. The molecule has 0 saturated carbocycles. The van der Waals surface area contributed by atoms with Gasteiger partial charge in [-0.05, 0) is 25.0 Å². The molecule has 82 valence electrons. The lowest BCUT2D eigenvalue weighted by Gasteiger charge is -2.36. The highest BCUT2D eigenvalue weighted by Crippen LogP contribution is 2.30. The van der Waals surface area contributed by atoms with Crippen LogP contribution in [0.4, 0.5) is 5.82 Å². The fraction of sp³-hybridized carbons (Fsp3) is 0.500. The number of aromatic nitrogens is 1. The third-order valence-electron chi connectivity index (χ3n) is 3.52. The third-order valence-corrected chi connectivity index (χ3v) is 3.52. The zero-order valence-corrected chi connectivity index (χ0v) is 9.06. The first kappa shape index (κ1) is 9.61. The highest BCUT2D eigenvalue weighted by molar-refractivity contribution is 5.46. The molecule has 4 heteroatoms. The molecule has 2 aliphatic rings. The summed E-state index contributed by atoms with van der Waals surface area (Å²) in [6, 6.07) is 7.09. The first-order chi connectivity index (χ1) is 7.88. The molecule has 1 N–H and O–H groups in total. The molecule has 0 amide bonds. The van der Waals surface area contributed by atoms with Gasteiger partial charge in [-0.2, -0.15) is 5.26 Å². The first-order valence-electron chi connectivity index (χ1n) is 5.73. The van der Waals surface area contributed by atoms with E-state index in [1.807, 2.05) is 12.1 Å². The van der Waals surface area contributed by atoms with Gasteiger partial charge in [0.05, 0.1) is 5.56 Å². The van der Waals surface area contributed by atoms with Crippen molar-refractivity contribution in [3.63, 3.8) is 0 Å². The van der Waals surface area contributed by atoms with Gasteiger partial charge in [0.15, 0.2) is 0 Å². The van der Waals surface area contributed by atoms with Crippen LogP contribution >= 0.6 is 0 Å². The molecule has 3 rings (SSSR count). The Morgan fingerprint density at radius 2 is 2.06 bits per heavy atom. The Balaban J connectivity index is 1.89. The van der Waals surface area contributed by atoms with E-state index in [0.29, 0.717) is 17.6 Å². The second kappa shape index (κ2) is 3.76. The summed E-state index contributed by atoms with van der Waals surface area (Å²) in [5, 5.41) is 12.2. The summed E-state index contributed by atoms with van der Waals surface area (Å²) < 4.78 is 0. The van der Waals surface area contributed by atoms with E-state index in [0.717, 1.165) is 18.9 Å². The fourth-order valence-corrected chi connectivity index (χ4v) is 2.76. The van der Waals surface area contributed by atoms with Crippen LogP contribution in [-0.4, -0.2) is 30.2 Å². The molecule has 2 fully saturated rings. The van der Waals surface area contributed by atoms with Gasteiger partial charge in [-0.15, -0.1) is 0 Å². The van der Waals surface area contributed by atoms with Crippen molar-refractivity contribution in [3.05, 3.63) is 23.9 Å². The second-order valence-corrected chi connectivity index (χ2v) is 4.47. The Bertz CT molecular complexity index is 404. The molecule has 0 radical (unpaired) electrons. The van der Waals surface area contributed by atoms with Crippen LogP contribution in [0.5, 0.6) is 0 Å². The van der Waals surface area contributed by atoms with Crippen molar-refractivity contribution in [2.24, 2.45) is 0 Å². The maximum atomic E-state index is 8.74. The minimum absolute atomic E-state index is 0.583. The molecule has 2 aliphatic heterocycles. The van der Waals surface area contributed by atoms with Gasteiger partial charge in [0.1, 0.15) is 11.9 Å². The number of rotatable bonds is 1. The first-order valence-corrected chi connectivity index (χ1v) is 5.73. The van der Waals surface area contributed by atoms with Gasteiger partial charge >= 0.3 is 0 Å². The van der Waals surface area contributed by atoms with Crippen molar-refractivity contribution in [2.45, 2.75) is 24.9 Å². The highest BCUT2D eigenvalue weighted by Gasteiger charge is 2.36. The van der Waals surface area contributed by atoms with Gasteiger partial charge in [0.2, 0.25) is 0 Å². The Labute approximate surface area is 94.9 Å². The standard InChI is InChI=1S/C12H14N4/c13-5-9-1-4-12(15-6-9)16-10-2-3-11(16)8-14-7-10/h1,4,6,10-11,14H,2-3,7-8H2/t10-,11+. The summed E-state index contributed by atoms with van der Waals surface area (Å²) in [7, 11) is 0. The minimum Gasteiger partial charge on any atom is -0.348 e. The van der Waals surface area contributed by atoms with Crippen molar-refractivity contribution >= 4 is 5.82 Å². The van der Waals surface area contributed by atoms with Crippen molar-refractivity contribution in [1.29, 1.82) is 5.26 Å². The molecule has 2 bridgehead atoms. The number of hydrogen-bond donors (Lipinski definition) is 1. The molecule has 16 heavy (non-hydrogen) atoms. The van der Waals surface area contributed by atoms with Gasteiger partial charge in [0, 0.05) is 31.4 Å². The monoisotopic (exact) mass is 214 g/mol. The average Bonchev–Trinajstić information content (AvgIpc) is 2.59. The SMILES string of the molecule is N#Cc1ccc(N2[C@@H]3CC[C@H]2CNC3)nc1. The van der Waals surface area contributed by atoms with Crippen molar-refractivity contribution in [3.8, 4) is 6.07 Å². The van der Waals surface area contributed by atoms with Gasteiger partial charge in [-0.25, -0.2) is 4.98 Å². The maximum Gasteiger partial charge on any atom is 0.129 e. The van der Waals surface area contributed by atoms with Crippen LogP contribution in [0.1, 0.15) is 18.4 Å². The molecule has 3 heterocycles. The predicted octanol–water partition coefficient (Wildman–Crippen LogP) is 0.894. The van der Waals surface area contributed by atoms with Crippen LogP contribution in [0.25, 0.3) is 0 Å². The van der Waals surface area contributed by atoms with Crippen LogP contribution in [-0.2, 0) is 0 Å². The van der Waals surface area contributed by atoms with Crippen molar-refractivity contribution in [1.82, 2.24) is 10.3 Å². The minimum atomic E-state index is 0.583. The summed E-state index contributed by atoms with van der Waals surface area (Å²) in [5.74, 6) is 1.02. The van der Waals surface area contributed by atoms with E-state index in [4.69, 9.17) is 5.26 Å². The van der Waals surface area contributed by atoms with E-state index in [1.54, 1.807) is 6.20 Å². The Morgan fingerprint density at radius 3 is 2.62 bits per heavy atom. The number of nitrogens with one attached hydrogen (secondary N) is 1. The second-order valence-electron chi connectivity index (χ2n) is 4.47. The molecule has 0 spiro atoms. The molecule has 1 aromatic rings. The lowest BCUT2D eigenvalue weighted by atomic mass is 10.2. The maximum absolute atomic E-state index is 8.74. The number of anilines is 1. The van der Waals surface area contributed by atoms with E-state index in [-0.39, 0.29) is 0 Å². The normalized spacial score (nSPS) is 27.8. The summed E-state index contributed by atoms with van der Waals surface area (Å²) in [4.78, 5) is 6.80. The molecular formula is C12H14N4. The summed E-state index contributed by atoms with van der Waals surface area (Å²) in [5.41, 5.74) is 0.631. The predicted molar refractivity (Wildman–Crippen MR) is 61.1 cm³/mol. The zero-order valence-electron chi connectivity index (χ0n) is 9.06. The van der Waals surface area contributed by atoms with E-state index < -0.39 is 0 Å². The summed E-state index contributed by atoms with van der Waals surface area (Å²) in [6.07, 6.45) is 4.16. The quantitative estimate of drug-likeness (QED) is 0.754. The van der Waals surface area contributed by atoms with Gasteiger partial charge in [0.25, 0.3) is 0 Å². The van der Waals surface area contributed by atoms with Crippen LogP contribution < -0.4 is 10.2 Å². The molecule has 4 nitrogen and oxygen atoms in total. The van der Waals surface area contributed by atoms with Gasteiger partial charge in [-0.3, -0.25) is 0 Å². The molecule has 1 aromatic heterocycles. The van der Waals surface area contributed by atoms with Gasteiger partial charge in [-0.1, -0.05) is 0 Å². The Hall–Kier alpha value is -1.60. The van der Waals surface area contributed by atoms with Crippen LogP contribution in [0.3, 0.4) is 0 Å². The third kappa shape index (κ3) is 1.44. The van der Waals surface area contributed by atoms with Crippen LogP contribution in [0.15, 0.2) is 18.3 Å². The lowest BCUT2D eigenvalue weighted by Crippen LogP contribution is -2.52. The molecule has 2 saturated heterocycles. The number of piperazine rings is 1. The number of hydrogen-bond acceptors (Lipinski definition) is 4. The summed E-state index contributed by atoms with van der Waals surface area (Å²) >= 11 is 0. The highest BCUT2D eigenvalue weighted by atomic mass is 15.3. The fourth-order valence-electron chi connectivity index (χ4n) is 2.76. The largest absolute Gasteiger partial charge is 0.348 e. The molecule has 0 aliphatic carbocycles. The Morgan fingerprint density at radius 1 is 1.31 bits per heavy atom. The van der Waals surface area contributed by atoms with E-state index >= 15 is 0 Å². The van der Waals surface area contributed by atoms with Crippen LogP contribution in [0.2, 0.25) is 0 Å². The Kier molecular flexibility index (Phi) is 2.26. The molecule has 0 aromatic carbocycles. The topological polar surface area (TPSA) is 52.0 Å². The van der Waals surface area contributed by atoms with Crippen molar-refractivity contribution < 1.29 is 0 Å². The van der Waals surface area contributed by atoms with Crippen molar-refractivity contribution in [2.75, 3.05) is 18.0 Å². The number of nitrogens with zero attached hydrogens (tertiary/aromatic N) is 3. The summed E-state index contributed by atoms with van der Waals surface area (Å²) in [6.45, 7) is 2.11. The van der Waals surface area contributed by atoms with E-state index in [2.05, 4.69) is 21.3 Å². The van der Waals surface area contributed by atoms with Crippen LogP contribution in [0, 0.1) is 11.3 Å². The number of pyridine rings is 1. The van der Waals surface area contributed by atoms with Gasteiger partial charge < -0.3 is 10.2 Å². The molecule has 0 unspecified atom stereocenters. The molecule has 2 atom stereocenters. The van der Waals surface area contributed by atoms with E-state index in [1.165, 1.54) is 12.8 Å². The average molecular weight is 214 g/mol. The number of nitriles is 1. The zero-order chi connectivity index (χ0) is 11.0.